The Morgan fingerprint density at radius 1 is 1.32 bits per heavy atom. The molecule has 1 aromatic carbocycles. The molecule has 1 fully saturated rings. The minimum absolute atomic E-state index is 0.0108. The molecule has 1 aliphatic rings. The first-order valence-corrected chi connectivity index (χ1v) is 6.50. The molecule has 0 unspecified atom stereocenters. The van der Waals surface area contributed by atoms with Gasteiger partial charge in [0.15, 0.2) is 0 Å². The molecular formula is C13H20N4O2. The summed E-state index contributed by atoms with van der Waals surface area (Å²) in [5, 5.41) is 10.7. The highest BCUT2D eigenvalue weighted by Crippen LogP contribution is 2.22. The summed E-state index contributed by atoms with van der Waals surface area (Å²) in [5.74, 6) is 0. The number of benzene rings is 1. The second kappa shape index (κ2) is 5.99. The first-order valence-electron chi connectivity index (χ1n) is 6.50. The molecule has 0 aromatic heterocycles. The first-order chi connectivity index (χ1) is 9.06. The SMILES string of the molecule is CN1CCN(CCc2ccc([N+](=O)[O-])c(N)c2)CC1. The minimum Gasteiger partial charge on any atom is -0.393 e. The zero-order chi connectivity index (χ0) is 13.8. The highest BCUT2D eigenvalue weighted by molar-refractivity contribution is 5.59. The molecule has 0 saturated carbocycles. The van der Waals surface area contributed by atoms with Gasteiger partial charge in [0, 0.05) is 38.8 Å². The molecule has 1 heterocycles. The molecule has 1 aromatic rings. The van der Waals surface area contributed by atoms with Crippen molar-refractivity contribution < 1.29 is 4.92 Å². The Morgan fingerprint density at radius 3 is 2.58 bits per heavy atom. The molecule has 0 aliphatic carbocycles. The quantitative estimate of drug-likeness (QED) is 0.498. The molecular weight excluding hydrogens is 244 g/mol. The van der Waals surface area contributed by atoms with Crippen molar-refractivity contribution in [3.63, 3.8) is 0 Å². The number of nitrogen functional groups attached to an aromatic ring is 1. The third kappa shape index (κ3) is 3.65. The summed E-state index contributed by atoms with van der Waals surface area (Å²) < 4.78 is 0. The highest BCUT2D eigenvalue weighted by atomic mass is 16.6. The summed E-state index contributed by atoms with van der Waals surface area (Å²) in [7, 11) is 2.13. The molecule has 1 aliphatic heterocycles. The Hall–Kier alpha value is -1.66. The number of nitro benzene ring substituents is 1. The van der Waals surface area contributed by atoms with Gasteiger partial charge < -0.3 is 15.5 Å². The van der Waals surface area contributed by atoms with Crippen molar-refractivity contribution in [2.24, 2.45) is 0 Å². The van der Waals surface area contributed by atoms with Crippen LogP contribution in [0.1, 0.15) is 5.56 Å². The number of likely N-dealkylation sites (N-methyl/N-ethyl adjacent to an activating group) is 1. The van der Waals surface area contributed by atoms with Gasteiger partial charge in [0.2, 0.25) is 0 Å². The number of piperazine rings is 1. The molecule has 19 heavy (non-hydrogen) atoms. The normalized spacial score (nSPS) is 17.5. The lowest BCUT2D eigenvalue weighted by Crippen LogP contribution is -2.45. The molecule has 6 nitrogen and oxygen atoms in total. The van der Waals surface area contributed by atoms with Gasteiger partial charge in [0.25, 0.3) is 5.69 Å². The van der Waals surface area contributed by atoms with Gasteiger partial charge >= 0.3 is 0 Å². The molecule has 0 atom stereocenters. The van der Waals surface area contributed by atoms with Crippen LogP contribution in [0.15, 0.2) is 18.2 Å². The van der Waals surface area contributed by atoms with Crippen molar-refractivity contribution in [2.75, 3.05) is 45.5 Å². The molecule has 104 valence electrons. The van der Waals surface area contributed by atoms with E-state index in [-0.39, 0.29) is 11.4 Å². The fourth-order valence-electron chi connectivity index (χ4n) is 2.28. The molecule has 1 saturated heterocycles. The van der Waals surface area contributed by atoms with Gasteiger partial charge in [-0.05, 0) is 25.1 Å². The van der Waals surface area contributed by atoms with Crippen molar-refractivity contribution in [3.05, 3.63) is 33.9 Å². The van der Waals surface area contributed by atoms with Gasteiger partial charge in [-0.15, -0.1) is 0 Å². The van der Waals surface area contributed by atoms with E-state index in [2.05, 4.69) is 16.8 Å². The van der Waals surface area contributed by atoms with Crippen LogP contribution in [0.3, 0.4) is 0 Å². The summed E-state index contributed by atoms with van der Waals surface area (Å²) in [6.07, 6.45) is 0.881. The van der Waals surface area contributed by atoms with E-state index in [0.29, 0.717) is 0 Å². The van der Waals surface area contributed by atoms with Crippen LogP contribution in [-0.2, 0) is 6.42 Å². The number of nitrogens with two attached hydrogens (primary N) is 1. The number of anilines is 1. The maximum absolute atomic E-state index is 10.7. The summed E-state index contributed by atoms with van der Waals surface area (Å²) >= 11 is 0. The molecule has 0 bridgehead atoms. The van der Waals surface area contributed by atoms with Gasteiger partial charge in [-0.2, -0.15) is 0 Å². The van der Waals surface area contributed by atoms with Gasteiger partial charge in [-0.1, -0.05) is 6.07 Å². The summed E-state index contributed by atoms with van der Waals surface area (Å²) in [6.45, 7) is 5.34. The van der Waals surface area contributed by atoms with Gasteiger partial charge in [0.05, 0.1) is 4.92 Å². The Bertz CT molecular complexity index is 456. The third-order valence-electron chi connectivity index (χ3n) is 3.60. The van der Waals surface area contributed by atoms with Crippen LogP contribution in [-0.4, -0.2) is 54.5 Å². The standard InChI is InChI=1S/C13H20N4O2/c1-15-6-8-16(9-7-15)5-4-11-2-3-13(17(18)19)12(14)10-11/h2-3,10H,4-9,14H2,1H3. The van der Waals surface area contributed by atoms with Gasteiger partial charge in [-0.3, -0.25) is 10.1 Å². The Labute approximate surface area is 112 Å². The average Bonchev–Trinajstić information content (AvgIpc) is 2.37. The van der Waals surface area contributed by atoms with Crippen molar-refractivity contribution in [1.82, 2.24) is 9.80 Å². The predicted octanol–water partition coefficient (Wildman–Crippen LogP) is 0.967. The molecule has 6 heteroatoms. The number of nitrogens with zero attached hydrogens (tertiary/aromatic N) is 3. The second-order valence-corrected chi connectivity index (χ2v) is 5.05. The van der Waals surface area contributed by atoms with Crippen LogP contribution in [0.25, 0.3) is 0 Å². The lowest BCUT2D eigenvalue weighted by atomic mass is 10.1. The maximum Gasteiger partial charge on any atom is 0.292 e. The fraction of sp³-hybridized carbons (Fsp3) is 0.538. The summed E-state index contributed by atoms with van der Waals surface area (Å²) in [6, 6.07) is 5.01. The molecule has 0 radical (unpaired) electrons. The van der Waals surface area contributed by atoms with Crippen molar-refractivity contribution >= 4 is 11.4 Å². The first kappa shape index (κ1) is 13.8. The molecule has 2 N–H and O–H groups in total. The van der Waals surface area contributed by atoms with E-state index in [1.807, 2.05) is 0 Å². The Kier molecular flexibility index (Phi) is 4.34. The molecule has 0 amide bonds. The molecule has 2 rings (SSSR count). The number of hydrogen-bond donors (Lipinski definition) is 1. The number of hydrogen-bond acceptors (Lipinski definition) is 5. The summed E-state index contributed by atoms with van der Waals surface area (Å²) in [4.78, 5) is 15.0. The van der Waals surface area contributed by atoms with Crippen LogP contribution < -0.4 is 5.73 Å². The van der Waals surface area contributed by atoms with E-state index in [4.69, 9.17) is 5.73 Å². The monoisotopic (exact) mass is 264 g/mol. The van der Waals surface area contributed by atoms with Crippen LogP contribution in [0.4, 0.5) is 11.4 Å². The van der Waals surface area contributed by atoms with E-state index >= 15 is 0 Å². The lowest BCUT2D eigenvalue weighted by Gasteiger charge is -2.32. The van der Waals surface area contributed by atoms with E-state index < -0.39 is 4.92 Å². The van der Waals surface area contributed by atoms with Crippen LogP contribution in [0, 0.1) is 10.1 Å². The van der Waals surface area contributed by atoms with E-state index in [0.717, 1.165) is 44.7 Å². The van der Waals surface area contributed by atoms with Gasteiger partial charge in [-0.25, -0.2) is 0 Å². The highest BCUT2D eigenvalue weighted by Gasteiger charge is 2.14. The van der Waals surface area contributed by atoms with Crippen LogP contribution in [0.2, 0.25) is 0 Å². The largest absolute Gasteiger partial charge is 0.393 e. The number of rotatable bonds is 4. The Morgan fingerprint density at radius 2 is 2.00 bits per heavy atom. The fourth-order valence-corrected chi connectivity index (χ4v) is 2.28. The average molecular weight is 264 g/mol. The smallest absolute Gasteiger partial charge is 0.292 e. The predicted molar refractivity (Wildman–Crippen MR) is 75.1 cm³/mol. The van der Waals surface area contributed by atoms with Gasteiger partial charge in [0.1, 0.15) is 5.69 Å². The zero-order valence-corrected chi connectivity index (χ0v) is 11.2. The van der Waals surface area contributed by atoms with E-state index in [1.54, 1.807) is 12.1 Å². The Balaban J connectivity index is 1.89. The van der Waals surface area contributed by atoms with E-state index in [1.165, 1.54) is 6.07 Å². The third-order valence-corrected chi connectivity index (χ3v) is 3.60. The number of nitro groups is 1. The summed E-state index contributed by atoms with van der Waals surface area (Å²) in [5.41, 5.74) is 6.98. The van der Waals surface area contributed by atoms with Crippen LogP contribution in [0.5, 0.6) is 0 Å². The van der Waals surface area contributed by atoms with E-state index in [9.17, 15) is 10.1 Å². The second-order valence-electron chi connectivity index (χ2n) is 5.05. The minimum atomic E-state index is -0.445. The van der Waals surface area contributed by atoms with Crippen molar-refractivity contribution in [3.8, 4) is 0 Å². The topological polar surface area (TPSA) is 75.6 Å². The van der Waals surface area contributed by atoms with Crippen molar-refractivity contribution in [1.29, 1.82) is 0 Å². The molecule has 0 spiro atoms. The van der Waals surface area contributed by atoms with Crippen LogP contribution >= 0.6 is 0 Å². The lowest BCUT2D eigenvalue weighted by molar-refractivity contribution is -0.383. The van der Waals surface area contributed by atoms with Crippen molar-refractivity contribution in [2.45, 2.75) is 6.42 Å². The maximum atomic E-state index is 10.7. The zero-order valence-electron chi connectivity index (χ0n) is 11.2.